The minimum absolute atomic E-state index is 0.0116. The summed E-state index contributed by atoms with van der Waals surface area (Å²) in [5, 5.41) is 4.59. The van der Waals surface area contributed by atoms with Gasteiger partial charge in [-0.1, -0.05) is 18.2 Å². The average molecular weight is 473 g/mol. The van der Waals surface area contributed by atoms with E-state index in [0.29, 0.717) is 28.1 Å². The lowest BCUT2D eigenvalue weighted by Crippen LogP contribution is -2.27. The first-order chi connectivity index (χ1) is 15.8. The molecule has 0 unspecified atom stereocenters. The first kappa shape index (κ1) is 22.5. The zero-order valence-electron chi connectivity index (χ0n) is 17.3. The molecule has 4 aromatic rings. The number of fused-ring (bicyclic) bond motifs is 1. The number of carbonyl (C=O) groups excluding carboxylic acids is 1. The second-order valence-electron chi connectivity index (χ2n) is 7.09. The number of hydrogen-bond acceptors (Lipinski definition) is 5. The summed E-state index contributed by atoms with van der Waals surface area (Å²) in [6, 6.07) is 11.6. The number of carbonyl (C=O) groups is 1. The lowest BCUT2D eigenvalue weighted by molar-refractivity contribution is -0.137. The van der Waals surface area contributed by atoms with Gasteiger partial charge in [-0.3, -0.25) is 14.2 Å². The Balaban J connectivity index is 1.59. The quantitative estimate of drug-likeness (QED) is 0.419. The number of nitrogens with one attached hydrogen (secondary N) is 1. The number of amides is 1. The van der Waals surface area contributed by atoms with Crippen LogP contribution >= 0.6 is 11.3 Å². The molecule has 10 heteroatoms. The van der Waals surface area contributed by atoms with E-state index < -0.39 is 29.8 Å². The summed E-state index contributed by atoms with van der Waals surface area (Å²) >= 11 is 1.31. The van der Waals surface area contributed by atoms with E-state index in [1.165, 1.54) is 29.8 Å². The van der Waals surface area contributed by atoms with Crippen LogP contribution in [-0.4, -0.2) is 22.1 Å². The number of nitrogens with zero attached hydrogens (tertiary/aromatic N) is 2. The van der Waals surface area contributed by atoms with Crippen LogP contribution in [0.15, 0.2) is 65.0 Å². The fourth-order valence-electron chi connectivity index (χ4n) is 3.32. The van der Waals surface area contributed by atoms with Crippen LogP contribution in [-0.2, 0) is 17.5 Å². The zero-order valence-corrected chi connectivity index (χ0v) is 18.2. The lowest BCUT2D eigenvalue weighted by atomic mass is 10.1. The van der Waals surface area contributed by atoms with Crippen LogP contribution in [0.5, 0.6) is 5.75 Å². The van der Waals surface area contributed by atoms with Crippen LogP contribution in [0.2, 0.25) is 0 Å². The molecule has 1 amide bonds. The molecule has 0 aliphatic carbocycles. The fourth-order valence-corrected chi connectivity index (χ4v) is 4.23. The van der Waals surface area contributed by atoms with Crippen LogP contribution in [0.25, 0.3) is 21.3 Å². The maximum absolute atomic E-state index is 13.1. The van der Waals surface area contributed by atoms with Gasteiger partial charge < -0.3 is 10.1 Å². The molecule has 0 fully saturated rings. The Morgan fingerprint density at radius 1 is 1.18 bits per heavy atom. The van der Waals surface area contributed by atoms with Crippen molar-refractivity contribution >= 4 is 33.1 Å². The molecule has 6 nitrogen and oxygen atoms in total. The molecule has 2 aromatic carbocycles. The average Bonchev–Trinajstić information content (AvgIpc) is 3.21. The van der Waals surface area contributed by atoms with E-state index >= 15 is 0 Å². The summed E-state index contributed by atoms with van der Waals surface area (Å²) in [5.41, 5.74) is 0.184. The fraction of sp³-hybridized carbons (Fsp3) is 0.174. The van der Waals surface area contributed by atoms with Gasteiger partial charge in [0.25, 0.3) is 5.56 Å². The Morgan fingerprint density at radius 2 is 1.94 bits per heavy atom. The highest BCUT2D eigenvalue weighted by molar-refractivity contribution is 7.17. The number of ether oxygens (including phenoxy) is 1. The third-order valence-electron chi connectivity index (χ3n) is 4.82. The number of anilines is 1. The van der Waals surface area contributed by atoms with Gasteiger partial charge in [0, 0.05) is 16.6 Å². The normalized spacial score (nSPS) is 11.5. The van der Waals surface area contributed by atoms with Gasteiger partial charge in [-0.25, -0.2) is 4.98 Å². The largest absolute Gasteiger partial charge is 0.494 e. The van der Waals surface area contributed by atoms with Gasteiger partial charge in [0.1, 0.15) is 17.1 Å². The molecule has 0 bridgehead atoms. The summed E-state index contributed by atoms with van der Waals surface area (Å²) < 4.78 is 45.2. The van der Waals surface area contributed by atoms with E-state index in [-0.39, 0.29) is 5.69 Å². The van der Waals surface area contributed by atoms with Crippen LogP contribution in [0.4, 0.5) is 18.9 Å². The van der Waals surface area contributed by atoms with E-state index in [2.05, 4.69) is 10.3 Å². The molecule has 1 N–H and O–H groups in total. The Hall–Kier alpha value is -3.66. The molecule has 2 heterocycles. The molecule has 170 valence electrons. The lowest BCUT2D eigenvalue weighted by Gasteiger charge is -2.11. The Labute approximate surface area is 190 Å². The number of rotatable bonds is 6. The summed E-state index contributed by atoms with van der Waals surface area (Å²) in [4.78, 5) is 30.3. The third-order valence-corrected chi connectivity index (χ3v) is 5.71. The summed E-state index contributed by atoms with van der Waals surface area (Å²) in [6.45, 7) is 2.03. The van der Waals surface area contributed by atoms with E-state index in [9.17, 15) is 22.8 Å². The molecule has 2 aromatic heterocycles. The second-order valence-corrected chi connectivity index (χ2v) is 7.95. The second kappa shape index (κ2) is 9.07. The van der Waals surface area contributed by atoms with Gasteiger partial charge in [-0.15, -0.1) is 11.3 Å². The number of thiophene rings is 1. The molecule has 33 heavy (non-hydrogen) atoms. The molecular formula is C23H18F3N3O3S. The molecule has 0 saturated heterocycles. The first-order valence-electron chi connectivity index (χ1n) is 9.93. The number of aromatic nitrogens is 2. The number of halogens is 3. The SMILES string of the molecule is CCOc1ccc(-c2csc3ncn(CC(=O)Nc4cccc(C(F)(F)F)c4)c(=O)c23)cc1. The highest BCUT2D eigenvalue weighted by Crippen LogP contribution is 2.32. The molecule has 0 aliphatic heterocycles. The minimum Gasteiger partial charge on any atom is -0.494 e. The van der Waals surface area contributed by atoms with E-state index in [0.717, 1.165) is 22.3 Å². The Bertz CT molecular complexity index is 1360. The van der Waals surface area contributed by atoms with E-state index in [4.69, 9.17) is 4.74 Å². The highest BCUT2D eigenvalue weighted by Gasteiger charge is 2.30. The van der Waals surface area contributed by atoms with E-state index in [1.54, 1.807) is 12.1 Å². The third kappa shape index (κ3) is 4.90. The van der Waals surface area contributed by atoms with E-state index in [1.807, 2.05) is 24.4 Å². The van der Waals surface area contributed by atoms with Crippen LogP contribution < -0.4 is 15.6 Å². The molecule has 0 spiro atoms. The summed E-state index contributed by atoms with van der Waals surface area (Å²) in [6.07, 6.45) is -3.27. The predicted octanol–water partition coefficient (Wildman–Crippen LogP) is 5.18. The van der Waals surface area contributed by atoms with Crippen molar-refractivity contribution in [3.63, 3.8) is 0 Å². The summed E-state index contributed by atoms with van der Waals surface area (Å²) in [7, 11) is 0. The van der Waals surface area contributed by atoms with Crippen LogP contribution in [0.3, 0.4) is 0 Å². The van der Waals surface area contributed by atoms with Crippen molar-refractivity contribution < 1.29 is 22.7 Å². The maximum Gasteiger partial charge on any atom is 0.416 e. The van der Waals surface area contributed by atoms with Crippen molar-refractivity contribution in [1.29, 1.82) is 0 Å². The standard InChI is InChI=1S/C23H18F3N3O3S/c1-2-32-17-8-6-14(7-9-17)18-12-33-21-20(18)22(31)29(13-27-21)11-19(30)28-16-5-3-4-15(10-16)23(24,25)26/h3-10,12-13H,2,11H2,1H3,(H,28,30). The molecule has 0 radical (unpaired) electrons. The smallest absolute Gasteiger partial charge is 0.416 e. The van der Waals surface area contributed by atoms with Crippen molar-refractivity contribution in [1.82, 2.24) is 9.55 Å². The van der Waals surface area contributed by atoms with Crippen molar-refractivity contribution in [3.8, 4) is 16.9 Å². The summed E-state index contributed by atoms with van der Waals surface area (Å²) in [5.74, 6) is 0.0676. The van der Waals surface area contributed by atoms with Gasteiger partial charge in [0.2, 0.25) is 5.91 Å². The van der Waals surface area contributed by atoms with Crippen molar-refractivity contribution in [3.05, 3.63) is 76.2 Å². The number of hydrogen-bond donors (Lipinski definition) is 1. The number of alkyl halides is 3. The highest BCUT2D eigenvalue weighted by atomic mass is 32.1. The van der Waals surface area contributed by atoms with Gasteiger partial charge >= 0.3 is 6.18 Å². The minimum atomic E-state index is -4.52. The molecule has 0 saturated carbocycles. The van der Waals surface area contributed by atoms with Crippen molar-refractivity contribution in [2.24, 2.45) is 0 Å². The molecule has 0 aliphatic rings. The molecular weight excluding hydrogens is 455 g/mol. The van der Waals surface area contributed by atoms with Gasteiger partial charge in [0.15, 0.2) is 0 Å². The van der Waals surface area contributed by atoms with Crippen LogP contribution in [0.1, 0.15) is 12.5 Å². The van der Waals surface area contributed by atoms with Crippen LogP contribution in [0, 0.1) is 0 Å². The maximum atomic E-state index is 13.1. The Kier molecular flexibility index (Phi) is 6.19. The van der Waals surface area contributed by atoms with Gasteiger partial charge in [-0.05, 0) is 42.8 Å². The molecule has 0 atom stereocenters. The van der Waals surface area contributed by atoms with Gasteiger partial charge in [0.05, 0.1) is 23.9 Å². The van der Waals surface area contributed by atoms with Crippen molar-refractivity contribution in [2.75, 3.05) is 11.9 Å². The number of benzene rings is 2. The zero-order chi connectivity index (χ0) is 23.6. The first-order valence-corrected chi connectivity index (χ1v) is 10.8. The van der Waals surface area contributed by atoms with Gasteiger partial charge in [-0.2, -0.15) is 13.2 Å². The topological polar surface area (TPSA) is 73.2 Å². The molecule has 4 rings (SSSR count). The monoisotopic (exact) mass is 473 g/mol. The Morgan fingerprint density at radius 3 is 2.64 bits per heavy atom. The predicted molar refractivity (Wildman–Crippen MR) is 121 cm³/mol. The van der Waals surface area contributed by atoms with Crippen molar-refractivity contribution in [2.45, 2.75) is 19.6 Å².